The minimum Gasteiger partial charge on any atom is -0.375 e. The summed E-state index contributed by atoms with van der Waals surface area (Å²) < 4.78 is 5.77. The van der Waals surface area contributed by atoms with E-state index in [-0.39, 0.29) is 0 Å². The fourth-order valence-corrected chi connectivity index (χ4v) is 4.87. The molecular weight excluding hydrogens is 246 g/mol. The first-order valence-corrected chi connectivity index (χ1v) is 8.23. The van der Waals surface area contributed by atoms with E-state index in [1.807, 2.05) is 0 Å². The van der Waals surface area contributed by atoms with Gasteiger partial charge >= 0.3 is 0 Å². The third kappa shape index (κ3) is 2.19. The number of nitrogens with one attached hydrogen (secondary N) is 1. The van der Waals surface area contributed by atoms with Crippen LogP contribution in [0.15, 0.2) is 24.3 Å². The maximum atomic E-state index is 5.77. The van der Waals surface area contributed by atoms with E-state index in [1.165, 1.54) is 36.8 Å². The van der Waals surface area contributed by atoms with E-state index in [0.29, 0.717) is 12.1 Å². The molecule has 2 fully saturated rings. The summed E-state index contributed by atoms with van der Waals surface area (Å²) >= 11 is 0. The summed E-state index contributed by atoms with van der Waals surface area (Å²) in [6, 6.07) is 9.73. The Morgan fingerprint density at radius 1 is 1.20 bits per heavy atom. The highest BCUT2D eigenvalue weighted by Crippen LogP contribution is 2.49. The second-order valence-corrected chi connectivity index (χ2v) is 7.06. The van der Waals surface area contributed by atoms with Crippen LogP contribution in [0.2, 0.25) is 0 Å². The Kier molecular flexibility index (Phi) is 3.31. The van der Waals surface area contributed by atoms with Crippen molar-refractivity contribution in [1.29, 1.82) is 0 Å². The Morgan fingerprint density at radius 2 is 2.10 bits per heavy atom. The molecule has 2 heteroatoms. The zero-order chi connectivity index (χ0) is 13.5. The van der Waals surface area contributed by atoms with Gasteiger partial charge in [0.25, 0.3) is 0 Å². The van der Waals surface area contributed by atoms with Gasteiger partial charge in [0, 0.05) is 6.04 Å². The van der Waals surface area contributed by atoms with Crippen molar-refractivity contribution in [3.8, 4) is 0 Å². The van der Waals surface area contributed by atoms with Crippen molar-refractivity contribution in [3.63, 3.8) is 0 Å². The molecule has 0 spiro atoms. The molecule has 1 aliphatic heterocycles. The Morgan fingerprint density at radius 3 is 2.90 bits per heavy atom. The van der Waals surface area contributed by atoms with Crippen LogP contribution < -0.4 is 5.32 Å². The topological polar surface area (TPSA) is 21.3 Å². The molecule has 1 N–H and O–H groups in total. The van der Waals surface area contributed by atoms with Crippen LogP contribution in [0.1, 0.15) is 49.8 Å². The fraction of sp³-hybridized carbons (Fsp3) is 0.667. The molecule has 2 saturated carbocycles. The van der Waals surface area contributed by atoms with Crippen LogP contribution in [0.3, 0.4) is 0 Å². The van der Waals surface area contributed by atoms with Crippen molar-refractivity contribution in [2.24, 2.45) is 17.8 Å². The van der Waals surface area contributed by atoms with Gasteiger partial charge in [-0.1, -0.05) is 30.7 Å². The maximum Gasteiger partial charge on any atom is 0.0721 e. The lowest BCUT2D eigenvalue weighted by atomic mass is 9.83. The zero-order valence-electron chi connectivity index (χ0n) is 12.3. The van der Waals surface area contributed by atoms with Crippen molar-refractivity contribution < 1.29 is 4.74 Å². The van der Waals surface area contributed by atoms with E-state index < -0.39 is 0 Å². The normalized spacial score (nSPS) is 36.9. The molecule has 1 aromatic carbocycles. The van der Waals surface area contributed by atoms with Crippen molar-refractivity contribution in [2.75, 3.05) is 6.61 Å². The Labute approximate surface area is 121 Å². The van der Waals surface area contributed by atoms with E-state index in [4.69, 9.17) is 4.74 Å². The van der Waals surface area contributed by atoms with Crippen LogP contribution >= 0.6 is 0 Å². The molecule has 2 bridgehead atoms. The van der Waals surface area contributed by atoms with Gasteiger partial charge in [-0.05, 0) is 55.1 Å². The van der Waals surface area contributed by atoms with Gasteiger partial charge in [-0.3, -0.25) is 0 Å². The monoisotopic (exact) mass is 271 g/mol. The van der Waals surface area contributed by atoms with Crippen molar-refractivity contribution in [2.45, 2.75) is 51.3 Å². The third-order valence-corrected chi connectivity index (χ3v) is 5.87. The Hall–Kier alpha value is -0.860. The number of benzene rings is 1. The minimum absolute atomic E-state index is 0.383. The van der Waals surface area contributed by atoms with Gasteiger partial charge in [0.1, 0.15) is 0 Å². The number of rotatable bonds is 3. The van der Waals surface area contributed by atoms with E-state index in [9.17, 15) is 0 Å². The number of hydrogen-bond acceptors (Lipinski definition) is 2. The average Bonchev–Trinajstić information content (AvgIpc) is 3.10. The quantitative estimate of drug-likeness (QED) is 0.905. The molecule has 108 valence electrons. The summed E-state index contributed by atoms with van der Waals surface area (Å²) in [5.74, 6) is 2.91. The fourth-order valence-electron chi connectivity index (χ4n) is 4.87. The summed E-state index contributed by atoms with van der Waals surface area (Å²) in [5.41, 5.74) is 2.81. The molecule has 5 unspecified atom stereocenters. The predicted octanol–water partition coefficient (Wildman–Crippen LogP) is 3.67. The van der Waals surface area contributed by atoms with Gasteiger partial charge in [-0.15, -0.1) is 0 Å². The Balaban J connectivity index is 1.47. The van der Waals surface area contributed by atoms with Crippen LogP contribution in [0, 0.1) is 17.8 Å². The van der Waals surface area contributed by atoms with E-state index >= 15 is 0 Å². The van der Waals surface area contributed by atoms with Crippen LogP contribution in [-0.4, -0.2) is 12.6 Å². The SMILES string of the molecule is CC(NC1COCc2ccccc21)C1CC2CCC1C2. The molecule has 1 heterocycles. The summed E-state index contributed by atoms with van der Waals surface area (Å²) in [6.45, 7) is 3.99. The van der Waals surface area contributed by atoms with Crippen LogP contribution in [-0.2, 0) is 11.3 Å². The molecule has 0 radical (unpaired) electrons. The molecule has 20 heavy (non-hydrogen) atoms. The lowest BCUT2D eigenvalue weighted by Gasteiger charge is -2.34. The summed E-state index contributed by atoms with van der Waals surface area (Å²) in [6.07, 6.45) is 5.91. The third-order valence-electron chi connectivity index (χ3n) is 5.87. The second kappa shape index (κ2) is 5.16. The van der Waals surface area contributed by atoms with Gasteiger partial charge in [0.2, 0.25) is 0 Å². The smallest absolute Gasteiger partial charge is 0.0721 e. The highest BCUT2D eigenvalue weighted by atomic mass is 16.5. The van der Waals surface area contributed by atoms with Crippen molar-refractivity contribution >= 4 is 0 Å². The maximum absolute atomic E-state index is 5.77. The summed E-state index contributed by atoms with van der Waals surface area (Å²) in [4.78, 5) is 0. The summed E-state index contributed by atoms with van der Waals surface area (Å²) in [7, 11) is 0. The lowest BCUT2D eigenvalue weighted by molar-refractivity contribution is 0.0738. The minimum atomic E-state index is 0.383. The molecular formula is C18H25NO. The molecule has 0 saturated heterocycles. The lowest BCUT2D eigenvalue weighted by Crippen LogP contribution is -2.41. The molecule has 5 atom stereocenters. The van der Waals surface area contributed by atoms with Gasteiger partial charge < -0.3 is 10.1 Å². The largest absolute Gasteiger partial charge is 0.375 e. The van der Waals surface area contributed by atoms with Crippen molar-refractivity contribution in [1.82, 2.24) is 5.32 Å². The highest BCUT2D eigenvalue weighted by Gasteiger charge is 2.42. The van der Waals surface area contributed by atoms with Crippen LogP contribution in [0.4, 0.5) is 0 Å². The first-order chi connectivity index (χ1) is 9.81. The molecule has 1 aromatic rings. The molecule has 0 aromatic heterocycles. The average molecular weight is 271 g/mol. The first-order valence-electron chi connectivity index (χ1n) is 8.23. The molecule has 2 aliphatic carbocycles. The van der Waals surface area contributed by atoms with Gasteiger partial charge in [0.15, 0.2) is 0 Å². The number of hydrogen-bond donors (Lipinski definition) is 1. The molecule has 2 nitrogen and oxygen atoms in total. The standard InChI is InChI=1S/C18H25NO/c1-12(17-9-13-6-7-14(17)8-13)19-18-11-20-10-15-4-2-3-5-16(15)18/h2-5,12-14,17-19H,6-11H2,1H3. The highest BCUT2D eigenvalue weighted by molar-refractivity contribution is 5.31. The van der Waals surface area contributed by atoms with E-state index in [2.05, 4.69) is 36.5 Å². The van der Waals surface area contributed by atoms with Gasteiger partial charge in [-0.25, -0.2) is 0 Å². The van der Waals surface area contributed by atoms with Crippen LogP contribution in [0.5, 0.6) is 0 Å². The van der Waals surface area contributed by atoms with E-state index in [1.54, 1.807) is 0 Å². The predicted molar refractivity (Wildman–Crippen MR) is 80.4 cm³/mol. The molecule has 4 rings (SSSR count). The number of ether oxygens (including phenoxy) is 1. The van der Waals surface area contributed by atoms with Gasteiger partial charge in [0.05, 0.1) is 19.3 Å². The number of fused-ring (bicyclic) bond motifs is 3. The first kappa shape index (κ1) is 12.8. The van der Waals surface area contributed by atoms with Crippen molar-refractivity contribution in [3.05, 3.63) is 35.4 Å². The van der Waals surface area contributed by atoms with Crippen LogP contribution in [0.25, 0.3) is 0 Å². The molecule has 3 aliphatic rings. The molecule has 0 amide bonds. The second-order valence-electron chi connectivity index (χ2n) is 7.06. The van der Waals surface area contributed by atoms with Gasteiger partial charge in [-0.2, -0.15) is 0 Å². The van der Waals surface area contributed by atoms with E-state index in [0.717, 1.165) is 31.0 Å². The zero-order valence-corrected chi connectivity index (χ0v) is 12.3. The summed E-state index contributed by atoms with van der Waals surface area (Å²) in [5, 5.41) is 3.88. The Bertz CT molecular complexity index is 486.